The molecule has 0 aliphatic rings. The predicted octanol–water partition coefficient (Wildman–Crippen LogP) is 0.782. The Morgan fingerprint density at radius 3 is 2.07 bits per heavy atom. The number of hydrogen-bond donors (Lipinski definition) is 0. The molecule has 0 radical (unpaired) electrons. The van der Waals surface area contributed by atoms with Gasteiger partial charge in [-0.25, -0.2) is 0 Å². The third-order valence-corrected chi connectivity index (χ3v) is 10.6. The van der Waals surface area contributed by atoms with Crippen LogP contribution in [-0.4, -0.2) is 41.8 Å². The summed E-state index contributed by atoms with van der Waals surface area (Å²) in [6, 6.07) is 1.14. The van der Waals surface area contributed by atoms with Crippen LogP contribution in [0.5, 0.6) is 0 Å². The third kappa shape index (κ3) is 6.91. The number of rotatable bonds is 9. The summed E-state index contributed by atoms with van der Waals surface area (Å²) in [6.07, 6.45) is 2.31. The Bertz CT molecular complexity index is 129. The summed E-state index contributed by atoms with van der Waals surface area (Å²) in [5, 5.41) is 0. The standard InChI is InChI=1S/C8H24O3Si3/c1-9-7-5-6-8-14(4,10-12-2)11-13-3/h5-8,12-13H2,1-4H3. The van der Waals surface area contributed by atoms with Crippen molar-refractivity contribution in [1.29, 1.82) is 0 Å². The van der Waals surface area contributed by atoms with E-state index in [-0.39, 0.29) is 19.5 Å². The molecule has 6 heteroatoms. The molecule has 0 fully saturated rings. The van der Waals surface area contributed by atoms with Crippen molar-refractivity contribution in [2.45, 2.75) is 38.5 Å². The van der Waals surface area contributed by atoms with E-state index in [1.165, 1.54) is 6.42 Å². The SMILES string of the molecule is COCCCC[Si](C)(O[SiH2]C)O[SiH2]C. The summed E-state index contributed by atoms with van der Waals surface area (Å²) in [5.41, 5.74) is 0. The van der Waals surface area contributed by atoms with E-state index in [1.807, 2.05) is 0 Å². The van der Waals surface area contributed by atoms with Crippen molar-refractivity contribution >= 4 is 28.1 Å². The molecule has 0 aliphatic carbocycles. The number of methoxy groups -OCH3 is 1. The molecule has 0 rings (SSSR count). The minimum atomic E-state index is -1.73. The molecule has 0 unspecified atom stereocenters. The summed E-state index contributed by atoms with van der Waals surface area (Å²) in [4.78, 5) is 0. The fourth-order valence-electron chi connectivity index (χ4n) is 1.49. The van der Waals surface area contributed by atoms with E-state index in [0.717, 1.165) is 19.1 Å². The van der Waals surface area contributed by atoms with Crippen molar-refractivity contribution < 1.29 is 13.0 Å². The van der Waals surface area contributed by atoms with Crippen molar-refractivity contribution in [3.63, 3.8) is 0 Å². The van der Waals surface area contributed by atoms with Crippen LogP contribution in [0.3, 0.4) is 0 Å². The van der Waals surface area contributed by atoms with E-state index in [2.05, 4.69) is 19.6 Å². The van der Waals surface area contributed by atoms with Gasteiger partial charge in [0.2, 0.25) is 0 Å². The molecule has 0 aromatic carbocycles. The molecule has 0 bridgehead atoms. The molecular weight excluding hydrogens is 228 g/mol. The number of ether oxygens (including phenoxy) is 1. The Morgan fingerprint density at radius 2 is 1.64 bits per heavy atom. The fourth-order valence-corrected chi connectivity index (χ4v) is 9.50. The van der Waals surface area contributed by atoms with Crippen LogP contribution in [0.2, 0.25) is 25.7 Å². The second kappa shape index (κ2) is 8.81. The Kier molecular flexibility index (Phi) is 9.14. The van der Waals surface area contributed by atoms with Gasteiger partial charge in [-0.1, -0.05) is 13.1 Å². The highest BCUT2D eigenvalue weighted by Gasteiger charge is 2.28. The molecule has 0 heterocycles. The van der Waals surface area contributed by atoms with Crippen LogP contribution in [0.4, 0.5) is 0 Å². The zero-order chi connectivity index (χ0) is 10.9. The van der Waals surface area contributed by atoms with Crippen molar-refractivity contribution in [3.8, 4) is 0 Å². The summed E-state index contributed by atoms with van der Waals surface area (Å²) in [7, 11) is -0.624. The van der Waals surface area contributed by atoms with Gasteiger partial charge < -0.3 is 13.0 Å². The minimum absolute atomic E-state index is 0.322. The average molecular weight is 253 g/mol. The summed E-state index contributed by atoms with van der Waals surface area (Å²) >= 11 is 0. The maximum Gasteiger partial charge on any atom is 0.313 e. The molecule has 3 nitrogen and oxygen atoms in total. The number of unbranched alkanes of at least 4 members (excludes halogenated alkanes) is 1. The summed E-state index contributed by atoms with van der Waals surface area (Å²) in [6.45, 7) is 7.44. The van der Waals surface area contributed by atoms with Crippen molar-refractivity contribution in [2.75, 3.05) is 13.7 Å². The molecule has 14 heavy (non-hydrogen) atoms. The van der Waals surface area contributed by atoms with Gasteiger partial charge in [0.1, 0.15) is 19.5 Å². The van der Waals surface area contributed by atoms with Crippen LogP contribution in [0.15, 0.2) is 0 Å². The first kappa shape index (κ1) is 14.5. The molecular formula is C8H24O3Si3. The zero-order valence-corrected chi connectivity index (χ0v) is 13.8. The highest BCUT2D eigenvalue weighted by molar-refractivity contribution is 6.74. The average Bonchev–Trinajstić information content (AvgIpc) is 2.13. The largest absolute Gasteiger partial charge is 0.442 e. The van der Waals surface area contributed by atoms with Gasteiger partial charge in [-0.05, 0) is 25.4 Å². The van der Waals surface area contributed by atoms with Crippen molar-refractivity contribution in [3.05, 3.63) is 0 Å². The Hall–Kier alpha value is 0.531. The first-order chi connectivity index (χ1) is 6.68. The lowest BCUT2D eigenvalue weighted by atomic mass is 10.4. The predicted molar refractivity (Wildman–Crippen MR) is 68.5 cm³/mol. The third-order valence-electron chi connectivity index (χ3n) is 2.13. The normalized spacial score (nSPS) is 17.1. The number of hydrogen-bond acceptors (Lipinski definition) is 3. The van der Waals surface area contributed by atoms with Gasteiger partial charge in [-0.15, -0.1) is 0 Å². The molecule has 0 aromatic rings. The van der Waals surface area contributed by atoms with Crippen molar-refractivity contribution in [2.24, 2.45) is 0 Å². The molecule has 0 saturated carbocycles. The topological polar surface area (TPSA) is 27.7 Å². The molecule has 0 N–H and O–H groups in total. The van der Waals surface area contributed by atoms with E-state index in [1.54, 1.807) is 7.11 Å². The van der Waals surface area contributed by atoms with E-state index < -0.39 is 8.56 Å². The van der Waals surface area contributed by atoms with Gasteiger partial charge in [0.05, 0.1) is 0 Å². The Balaban J connectivity index is 3.71. The Labute approximate surface area is 93.7 Å². The minimum Gasteiger partial charge on any atom is -0.442 e. The van der Waals surface area contributed by atoms with Gasteiger partial charge in [-0.2, -0.15) is 0 Å². The summed E-state index contributed by atoms with van der Waals surface area (Å²) < 4.78 is 16.8. The lowest BCUT2D eigenvalue weighted by molar-refractivity contribution is 0.193. The van der Waals surface area contributed by atoms with Gasteiger partial charge >= 0.3 is 8.56 Å². The van der Waals surface area contributed by atoms with Gasteiger partial charge in [-0.3, -0.25) is 0 Å². The molecule has 0 atom stereocenters. The first-order valence-electron chi connectivity index (χ1n) is 5.45. The van der Waals surface area contributed by atoms with E-state index in [0.29, 0.717) is 0 Å². The quantitative estimate of drug-likeness (QED) is 0.448. The highest BCUT2D eigenvalue weighted by Crippen LogP contribution is 2.16. The molecule has 0 saturated heterocycles. The molecule has 86 valence electrons. The van der Waals surface area contributed by atoms with Crippen LogP contribution < -0.4 is 0 Å². The second-order valence-electron chi connectivity index (χ2n) is 3.45. The van der Waals surface area contributed by atoms with Gasteiger partial charge in [0.15, 0.2) is 0 Å². The van der Waals surface area contributed by atoms with Crippen LogP contribution in [0.1, 0.15) is 12.8 Å². The zero-order valence-electron chi connectivity index (χ0n) is 9.97. The van der Waals surface area contributed by atoms with E-state index >= 15 is 0 Å². The Morgan fingerprint density at radius 1 is 1.07 bits per heavy atom. The lowest BCUT2D eigenvalue weighted by Gasteiger charge is -2.27. The fraction of sp³-hybridized carbons (Fsp3) is 1.00. The maximum absolute atomic E-state index is 5.90. The van der Waals surface area contributed by atoms with E-state index in [4.69, 9.17) is 13.0 Å². The molecule has 0 aromatic heterocycles. The van der Waals surface area contributed by atoms with Crippen LogP contribution in [0.25, 0.3) is 0 Å². The van der Waals surface area contributed by atoms with Gasteiger partial charge in [0.25, 0.3) is 0 Å². The monoisotopic (exact) mass is 252 g/mol. The van der Waals surface area contributed by atoms with Crippen LogP contribution in [-0.2, 0) is 13.0 Å². The molecule has 0 aliphatic heterocycles. The molecule has 0 amide bonds. The van der Waals surface area contributed by atoms with Gasteiger partial charge in [0, 0.05) is 13.7 Å². The lowest BCUT2D eigenvalue weighted by Crippen LogP contribution is -2.40. The second-order valence-corrected chi connectivity index (χ2v) is 9.68. The maximum atomic E-state index is 5.90. The van der Waals surface area contributed by atoms with Crippen molar-refractivity contribution in [1.82, 2.24) is 0 Å². The summed E-state index contributed by atoms with van der Waals surface area (Å²) in [5.74, 6) is 0. The van der Waals surface area contributed by atoms with Crippen LogP contribution >= 0.6 is 0 Å². The van der Waals surface area contributed by atoms with E-state index in [9.17, 15) is 0 Å². The molecule has 0 spiro atoms. The highest BCUT2D eigenvalue weighted by atomic mass is 28.4. The van der Waals surface area contributed by atoms with Crippen LogP contribution in [0, 0.1) is 0 Å². The first-order valence-corrected chi connectivity index (χ1v) is 12.0. The smallest absolute Gasteiger partial charge is 0.313 e.